The summed E-state index contributed by atoms with van der Waals surface area (Å²) >= 11 is 2.79. The Hall–Kier alpha value is -3.86. The van der Waals surface area contributed by atoms with Crippen molar-refractivity contribution in [3.63, 3.8) is 0 Å². The van der Waals surface area contributed by atoms with Crippen LogP contribution in [0.15, 0.2) is 95.2 Å². The van der Waals surface area contributed by atoms with Gasteiger partial charge in [-0.1, -0.05) is 73.7 Å². The number of hydrogen-bond acceptors (Lipinski definition) is 5. The van der Waals surface area contributed by atoms with Crippen molar-refractivity contribution in [2.75, 3.05) is 10.6 Å². The van der Waals surface area contributed by atoms with E-state index in [4.69, 9.17) is 0 Å². The minimum Gasteiger partial charge on any atom is -0.326 e. The molecule has 0 saturated carbocycles. The third-order valence-electron chi connectivity index (χ3n) is 5.49. The summed E-state index contributed by atoms with van der Waals surface area (Å²) < 4.78 is 0. The Morgan fingerprint density at radius 3 is 2.39 bits per heavy atom. The third kappa shape index (κ3) is 6.42. The molecule has 1 atom stereocenters. The highest BCUT2D eigenvalue weighted by atomic mass is 32.2. The van der Waals surface area contributed by atoms with Crippen LogP contribution in [0.5, 0.6) is 0 Å². The lowest BCUT2D eigenvalue weighted by Crippen LogP contribution is -2.24. The van der Waals surface area contributed by atoms with Gasteiger partial charge in [-0.3, -0.25) is 9.59 Å². The highest BCUT2D eigenvalue weighted by Gasteiger charge is 2.22. The van der Waals surface area contributed by atoms with Gasteiger partial charge in [0.1, 0.15) is 11.1 Å². The highest BCUT2D eigenvalue weighted by molar-refractivity contribution is 8.00. The Labute approximate surface area is 219 Å². The normalized spacial score (nSPS) is 11.3. The van der Waals surface area contributed by atoms with Crippen molar-refractivity contribution >= 4 is 45.6 Å². The monoisotopic (exact) mass is 511 g/mol. The molecule has 1 aromatic heterocycles. The van der Waals surface area contributed by atoms with E-state index in [0.29, 0.717) is 29.1 Å². The van der Waals surface area contributed by atoms with E-state index in [1.54, 1.807) is 0 Å². The van der Waals surface area contributed by atoms with Crippen LogP contribution in [0, 0.1) is 11.3 Å². The van der Waals surface area contributed by atoms with Gasteiger partial charge in [0.2, 0.25) is 11.8 Å². The summed E-state index contributed by atoms with van der Waals surface area (Å²) in [4.78, 5) is 26.4. The second-order valence-corrected chi connectivity index (χ2v) is 10.2. The van der Waals surface area contributed by atoms with Gasteiger partial charge < -0.3 is 10.6 Å². The minimum atomic E-state index is -0.353. The van der Waals surface area contributed by atoms with Crippen molar-refractivity contribution < 1.29 is 9.59 Å². The summed E-state index contributed by atoms with van der Waals surface area (Å²) in [5.41, 5.74) is 3.87. The van der Waals surface area contributed by atoms with E-state index in [2.05, 4.69) is 16.7 Å². The van der Waals surface area contributed by atoms with Crippen molar-refractivity contribution in [1.82, 2.24) is 0 Å². The van der Waals surface area contributed by atoms with Gasteiger partial charge in [-0.05, 0) is 35.7 Å². The Morgan fingerprint density at radius 1 is 0.972 bits per heavy atom. The van der Waals surface area contributed by atoms with Gasteiger partial charge >= 0.3 is 0 Å². The molecule has 2 N–H and O–H groups in total. The molecule has 0 spiro atoms. The number of nitrogens with one attached hydrogen (secondary N) is 2. The molecule has 0 aliphatic heterocycles. The first-order valence-electron chi connectivity index (χ1n) is 11.6. The zero-order chi connectivity index (χ0) is 25.3. The van der Waals surface area contributed by atoms with Crippen LogP contribution in [-0.2, 0) is 16.0 Å². The summed E-state index contributed by atoms with van der Waals surface area (Å²) in [6.07, 6.45) is 0.908. The summed E-state index contributed by atoms with van der Waals surface area (Å²) in [5.74, 6) is -0.247. The van der Waals surface area contributed by atoms with Crippen molar-refractivity contribution in [3.05, 3.63) is 101 Å². The predicted molar refractivity (Wildman–Crippen MR) is 148 cm³/mol. The molecule has 0 aliphatic rings. The van der Waals surface area contributed by atoms with Crippen molar-refractivity contribution in [1.29, 1.82) is 5.26 Å². The molecule has 4 rings (SSSR count). The Morgan fingerprint density at radius 2 is 1.69 bits per heavy atom. The van der Waals surface area contributed by atoms with Crippen LogP contribution in [0.2, 0.25) is 0 Å². The Bertz CT molecular complexity index is 1380. The molecule has 0 fully saturated rings. The molecule has 2 amide bonds. The number of nitrogens with zero attached hydrogens (tertiary/aromatic N) is 1. The van der Waals surface area contributed by atoms with Gasteiger partial charge in [0.25, 0.3) is 0 Å². The number of carbonyl (C=O) groups is 2. The third-order valence-corrected chi connectivity index (χ3v) is 7.74. The number of nitriles is 1. The van der Waals surface area contributed by atoms with E-state index in [-0.39, 0.29) is 17.1 Å². The fraction of sp³-hybridized carbons (Fsp3) is 0.138. The first-order chi connectivity index (χ1) is 17.6. The second kappa shape index (κ2) is 12.2. The molecule has 1 heterocycles. The lowest BCUT2D eigenvalue weighted by Gasteiger charge is -2.15. The molecule has 0 bridgehead atoms. The van der Waals surface area contributed by atoms with Crippen molar-refractivity contribution in [2.45, 2.75) is 29.9 Å². The number of benzene rings is 3. The number of amides is 2. The zero-order valence-electron chi connectivity index (χ0n) is 19.7. The van der Waals surface area contributed by atoms with E-state index in [1.165, 1.54) is 23.1 Å². The van der Waals surface area contributed by atoms with Crippen LogP contribution >= 0.6 is 23.1 Å². The maximum Gasteiger partial charge on any atom is 0.238 e. The topological polar surface area (TPSA) is 82.0 Å². The maximum atomic E-state index is 13.1. The summed E-state index contributed by atoms with van der Waals surface area (Å²) in [7, 11) is 0. The average molecular weight is 512 g/mol. The maximum absolute atomic E-state index is 13.1. The largest absolute Gasteiger partial charge is 0.326 e. The van der Waals surface area contributed by atoms with E-state index in [1.807, 2.05) is 97.2 Å². The van der Waals surface area contributed by atoms with E-state index in [0.717, 1.165) is 21.6 Å². The SMILES string of the molecule is CCC(Sc1cccc(NC(=O)Cc2ccccc2)c1)C(=O)Nc1scc(-c2ccccc2)c1C#N. The Kier molecular flexibility index (Phi) is 8.56. The lowest BCUT2D eigenvalue weighted by molar-refractivity contribution is -0.116. The molecular weight excluding hydrogens is 486 g/mol. The quantitative estimate of drug-likeness (QED) is 0.238. The number of rotatable bonds is 9. The van der Waals surface area contributed by atoms with Crippen LogP contribution in [0.1, 0.15) is 24.5 Å². The van der Waals surface area contributed by atoms with Crippen LogP contribution in [0.3, 0.4) is 0 Å². The van der Waals surface area contributed by atoms with Gasteiger partial charge in [0, 0.05) is 21.5 Å². The molecule has 7 heteroatoms. The minimum absolute atomic E-state index is 0.0934. The molecule has 36 heavy (non-hydrogen) atoms. The van der Waals surface area contributed by atoms with Crippen molar-refractivity contribution in [2.24, 2.45) is 0 Å². The number of carbonyl (C=O) groups excluding carboxylic acids is 2. The fourth-order valence-electron chi connectivity index (χ4n) is 3.70. The van der Waals surface area contributed by atoms with Crippen LogP contribution in [0.4, 0.5) is 10.7 Å². The van der Waals surface area contributed by atoms with Gasteiger partial charge in [0.05, 0.1) is 17.2 Å². The lowest BCUT2D eigenvalue weighted by atomic mass is 10.1. The highest BCUT2D eigenvalue weighted by Crippen LogP contribution is 2.36. The number of anilines is 2. The van der Waals surface area contributed by atoms with Gasteiger partial charge in [0.15, 0.2) is 0 Å². The smallest absolute Gasteiger partial charge is 0.238 e. The first kappa shape index (κ1) is 25.2. The Balaban J connectivity index is 1.42. The van der Waals surface area contributed by atoms with E-state index >= 15 is 0 Å². The van der Waals surface area contributed by atoms with E-state index < -0.39 is 0 Å². The fourth-order valence-corrected chi connectivity index (χ4v) is 5.64. The summed E-state index contributed by atoms with van der Waals surface area (Å²) in [6, 6.07) is 29.0. The number of thiophene rings is 1. The molecule has 1 unspecified atom stereocenters. The van der Waals surface area contributed by atoms with Crippen LogP contribution in [0.25, 0.3) is 11.1 Å². The van der Waals surface area contributed by atoms with Gasteiger partial charge in [-0.25, -0.2) is 0 Å². The zero-order valence-corrected chi connectivity index (χ0v) is 21.4. The molecule has 0 saturated heterocycles. The van der Waals surface area contributed by atoms with Crippen molar-refractivity contribution in [3.8, 4) is 17.2 Å². The average Bonchev–Trinajstić information content (AvgIpc) is 3.30. The molecule has 0 radical (unpaired) electrons. The van der Waals surface area contributed by atoms with Crippen LogP contribution in [-0.4, -0.2) is 17.1 Å². The number of hydrogen-bond donors (Lipinski definition) is 2. The summed E-state index contributed by atoms with van der Waals surface area (Å²) in [5, 5.41) is 17.8. The predicted octanol–water partition coefficient (Wildman–Crippen LogP) is 6.98. The number of thioether (sulfide) groups is 1. The standard InChI is InChI=1S/C29H25N3O2S2/c1-2-26(28(34)32-29-24(18-30)25(19-35-29)21-12-7-4-8-13-21)36-23-15-9-14-22(17-23)31-27(33)16-20-10-5-3-6-11-20/h3-15,17,19,26H,2,16H2,1H3,(H,31,33)(H,32,34). The molecule has 0 aliphatic carbocycles. The molecular formula is C29H25N3O2S2. The molecule has 180 valence electrons. The molecule has 3 aromatic carbocycles. The van der Waals surface area contributed by atoms with Gasteiger partial charge in [-0.2, -0.15) is 5.26 Å². The summed E-state index contributed by atoms with van der Waals surface area (Å²) in [6.45, 7) is 1.96. The first-order valence-corrected chi connectivity index (χ1v) is 13.3. The van der Waals surface area contributed by atoms with Crippen LogP contribution < -0.4 is 10.6 Å². The van der Waals surface area contributed by atoms with Gasteiger partial charge in [-0.15, -0.1) is 23.1 Å². The second-order valence-electron chi connectivity index (χ2n) is 8.07. The van der Waals surface area contributed by atoms with E-state index in [9.17, 15) is 14.9 Å². The molecule has 5 nitrogen and oxygen atoms in total. The molecule has 4 aromatic rings.